The number of benzene rings is 1. The van der Waals surface area contributed by atoms with E-state index < -0.39 is 0 Å². The molecule has 1 fully saturated rings. The van der Waals surface area contributed by atoms with Crippen LogP contribution in [-0.4, -0.2) is 31.3 Å². The zero-order chi connectivity index (χ0) is 14.0. The highest BCUT2D eigenvalue weighted by molar-refractivity contribution is 5.52. The molecule has 1 saturated heterocycles. The average molecular weight is 262 g/mol. The van der Waals surface area contributed by atoms with Crippen LogP contribution in [0.4, 0.5) is 5.69 Å². The van der Waals surface area contributed by atoms with Crippen molar-refractivity contribution in [3.8, 4) is 0 Å². The molecule has 3 nitrogen and oxygen atoms in total. The van der Waals surface area contributed by atoms with Crippen LogP contribution in [0.3, 0.4) is 0 Å². The summed E-state index contributed by atoms with van der Waals surface area (Å²) in [5, 5.41) is 0. The Morgan fingerprint density at radius 2 is 2.16 bits per heavy atom. The first kappa shape index (κ1) is 14.4. The van der Waals surface area contributed by atoms with Gasteiger partial charge in [-0.3, -0.25) is 0 Å². The summed E-state index contributed by atoms with van der Waals surface area (Å²) >= 11 is 0. The average Bonchev–Trinajstić information content (AvgIpc) is 2.34. The van der Waals surface area contributed by atoms with Gasteiger partial charge in [-0.1, -0.05) is 6.07 Å². The molecule has 1 heterocycles. The van der Waals surface area contributed by atoms with Gasteiger partial charge in [0.1, 0.15) is 0 Å². The third-order valence-corrected chi connectivity index (χ3v) is 3.81. The minimum atomic E-state index is 0.215. The molecule has 3 unspecified atom stereocenters. The molecule has 1 aliphatic heterocycles. The Balaban J connectivity index is 2.18. The molecule has 1 aromatic carbocycles. The first-order valence-electron chi connectivity index (χ1n) is 7.20. The fourth-order valence-corrected chi connectivity index (χ4v) is 2.70. The molecule has 0 aliphatic carbocycles. The number of hydrogen-bond acceptors (Lipinski definition) is 3. The van der Waals surface area contributed by atoms with Crippen molar-refractivity contribution in [2.24, 2.45) is 5.73 Å². The van der Waals surface area contributed by atoms with Crippen LogP contribution >= 0.6 is 0 Å². The maximum absolute atomic E-state index is 5.89. The topological polar surface area (TPSA) is 38.5 Å². The van der Waals surface area contributed by atoms with E-state index in [4.69, 9.17) is 10.5 Å². The van der Waals surface area contributed by atoms with E-state index in [1.165, 1.54) is 16.8 Å². The SMILES string of the molecule is Cc1cc(N2CC(C)OCC2C)ccc1CC(C)N. The van der Waals surface area contributed by atoms with Gasteiger partial charge in [-0.25, -0.2) is 0 Å². The second kappa shape index (κ2) is 5.93. The predicted octanol–water partition coefficient (Wildman–Crippen LogP) is 2.50. The molecular weight excluding hydrogens is 236 g/mol. The van der Waals surface area contributed by atoms with Crippen LogP contribution in [0.2, 0.25) is 0 Å². The Hall–Kier alpha value is -1.06. The molecule has 0 bridgehead atoms. The number of hydrogen-bond donors (Lipinski definition) is 1. The summed E-state index contributed by atoms with van der Waals surface area (Å²) in [5.74, 6) is 0. The van der Waals surface area contributed by atoms with Gasteiger partial charge in [-0.05, 0) is 57.4 Å². The summed E-state index contributed by atoms with van der Waals surface area (Å²) in [6, 6.07) is 7.38. The number of aryl methyl sites for hydroxylation is 1. The number of ether oxygens (including phenoxy) is 1. The number of morpholine rings is 1. The molecule has 1 aromatic rings. The molecule has 0 saturated carbocycles. The molecule has 3 atom stereocenters. The molecule has 0 spiro atoms. The van der Waals surface area contributed by atoms with Crippen molar-refractivity contribution in [2.75, 3.05) is 18.1 Å². The quantitative estimate of drug-likeness (QED) is 0.909. The summed E-state index contributed by atoms with van der Waals surface area (Å²) in [6.07, 6.45) is 1.25. The highest BCUT2D eigenvalue weighted by atomic mass is 16.5. The highest BCUT2D eigenvalue weighted by Gasteiger charge is 2.23. The summed E-state index contributed by atoms with van der Waals surface area (Å²) < 4.78 is 5.69. The van der Waals surface area contributed by atoms with E-state index in [0.29, 0.717) is 12.1 Å². The Morgan fingerprint density at radius 1 is 1.42 bits per heavy atom. The van der Waals surface area contributed by atoms with Gasteiger partial charge in [0, 0.05) is 24.3 Å². The molecule has 2 N–H and O–H groups in total. The van der Waals surface area contributed by atoms with E-state index in [1.54, 1.807) is 0 Å². The summed E-state index contributed by atoms with van der Waals surface area (Å²) in [5.41, 5.74) is 9.88. The smallest absolute Gasteiger partial charge is 0.0723 e. The van der Waals surface area contributed by atoms with E-state index in [2.05, 4.69) is 50.8 Å². The maximum Gasteiger partial charge on any atom is 0.0723 e. The van der Waals surface area contributed by atoms with Crippen molar-refractivity contribution < 1.29 is 4.74 Å². The van der Waals surface area contributed by atoms with Crippen LogP contribution in [0.5, 0.6) is 0 Å². The van der Waals surface area contributed by atoms with E-state index in [0.717, 1.165) is 19.6 Å². The largest absolute Gasteiger partial charge is 0.375 e. The van der Waals surface area contributed by atoms with Crippen molar-refractivity contribution in [2.45, 2.75) is 52.3 Å². The lowest BCUT2D eigenvalue weighted by atomic mass is 10.0. The molecule has 19 heavy (non-hydrogen) atoms. The molecule has 0 aromatic heterocycles. The molecule has 2 rings (SSSR count). The van der Waals surface area contributed by atoms with E-state index >= 15 is 0 Å². The number of nitrogens with two attached hydrogens (primary N) is 1. The van der Waals surface area contributed by atoms with Gasteiger partial charge in [0.15, 0.2) is 0 Å². The second-order valence-corrected chi connectivity index (χ2v) is 5.94. The fourth-order valence-electron chi connectivity index (χ4n) is 2.70. The van der Waals surface area contributed by atoms with Crippen molar-refractivity contribution in [1.29, 1.82) is 0 Å². The lowest BCUT2D eigenvalue weighted by Gasteiger charge is -2.38. The van der Waals surface area contributed by atoms with Crippen LogP contribution < -0.4 is 10.6 Å². The summed E-state index contributed by atoms with van der Waals surface area (Å²) in [6.45, 7) is 10.4. The summed E-state index contributed by atoms with van der Waals surface area (Å²) in [7, 11) is 0. The Bertz CT molecular complexity index is 431. The van der Waals surface area contributed by atoms with Gasteiger partial charge in [-0.2, -0.15) is 0 Å². The Morgan fingerprint density at radius 3 is 2.79 bits per heavy atom. The highest BCUT2D eigenvalue weighted by Crippen LogP contribution is 2.24. The van der Waals surface area contributed by atoms with Crippen LogP contribution in [0.15, 0.2) is 18.2 Å². The summed E-state index contributed by atoms with van der Waals surface area (Å²) in [4.78, 5) is 2.44. The Kier molecular flexibility index (Phi) is 4.48. The van der Waals surface area contributed by atoms with Crippen LogP contribution in [0, 0.1) is 6.92 Å². The first-order valence-corrected chi connectivity index (χ1v) is 7.20. The minimum absolute atomic E-state index is 0.215. The van der Waals surface area contributed by atoms with Gasteiger partial charge in [0.25, 0.3) is 0 Å². The van der Waals surface area contributed by atoms with Gasteiger partial charge < -0.3 is 15.4 Å². The van der Waals surface area contributed by atoms with Gasteiger partial charge in [0.2, 0.25) is 0 Å². The number of nitrogens with zero attached hydrogens (tertiary/aromatic N) is 1. The normalized spacial score (nSPS) is 25.4. The minimum Gasteiger partial charge on any atom is -0.375 e. The van der Waals surface area contributed by atoms with Gasteiger partial charge in [-0.15, -0.1) is 0 Å². The lowest BCUT2D eigenvalue weighted by molar-refractivity contribution is 0.0344. The number of anilines is 1. The zero-order valence-electron chi connectivity index (χ0n) is 12.5. The molecule has 0 amide bonds. The van der Waals surface area contributed by atoms with Crippen molar-refractivity contribution >= 4 is 5.69 Å². The van der Waals surface area contributed by atoms with Crippen LogP contribution in [0.25, 0.3) is 0 Å². The molecule has 3 heteroatoms. The van der Waals surface area contributed by atoms with Gasteiger partial charge in [0.05, 0.1) is 12.7 Å². The van der Waals surface area contributed by atoms with Crippen molar-refractivity contribution in [3.05, 3.63) is 29.3 Å². The third kappa shape index (κ3) is 3.48. The van der Waals surface area contributed by atoms with E-state index in [1.807, 2.05) is 0 Å². The van der Waals surface area contributed by atoms with Crippen LogP contribution in [0.1, 0.15) is 31.9 Å². The second-order valence-electron chi connectivity index (χ2n) is 5.94. The molecule has 106 valence electrons. The van der Waals surface area contributed by atoms with Gasteiger partial charge >= 0.3 is 0 Å². The standard InChI is InChI=1S/C16H26N2O/c1-11-7-16(6-5-15(11)8-12(2)17)18-9-14(4)19-10-13(18)3/h5-7,12-14H,8-10,17H2,1-4H3. The third-order valence-electron chi connectivity index (χ3n) is 3.81. The molecule has 0 radical (unpaired) electrons. The number of rotatable bonds is 3. The van der Waals surface area contributed by atoms with Crippen molar-refractivity contribution in [1.82, 2.24) is 0 Å². The van der Waals surface area contributed by atoms with Crippen LogP contribution in [-0.2, 0) is 11.2 Å². The van der Waals surface area contributed by atoms with Crippen molar-refractivity contribution in [3.63, 3.8) is 0 Å². The lowest BCUT2D eigenvalue weighted by Crippen LogP contribution is -2.47. The maximum atomic E-state index is 5.89. The zero-order valence-corrected chi connectivity index (χ0v) is 12.5. The monoisotopic (exact) mass is 262 g/mol. The predicted molar refractivity (Wildman–Crippen MR) is 80.8 cm³/mol. The molecule has 1 aliphatic rings. The van der Waals surface area contributed by atoms with E-state index in [-0.39, 0.29) is 6.04 Å². The Labute approximate surface area is 116 Å². The fraction of sp³-hybridized carbons (Fsp3) is 0.625. The first-order chi connectivity index (χ1) is 8.97. The van der Waals surface area contributed by atoms with E-state index in [9.17, 15) is 0 Å². The molecular formula is C16H26N2O.